The molecule has 0 aromatic heterocycles. The van der Waals surface area contributed by atoms with Crippen molar-refractivity contribution >= 4 is 21.9 Å². The molecule has 1 amide bonds. The number of esters is 1. The van der Waals surface area contributed by atoms with Crippen molar-refractivity contribution in [3.63, 3.8) is 0 Å². The third-order valence-electron chi connectivity index (χ3n) is 4.05. The molecule has 7 nitrogen and oxygen atoms in total. The van der Waals surface area contributed by atoms with Gasteiger partial charge in [0, 0.05) is 32.3 Å². The molecule has 0 saturated carbocycles. The lowest BCUT2D eigenvalue weighted by atomic mass is 10.2. The molecular formula is C19H24N2O5S. The minimum Gasteiger partial charge on any atom is -0.452 e. The Labute approximate surface area is 160 Å². The SMILES string of the molecule is C/C=C/C=C/C(=O)OCC(=O)N1CCN(S(=O)(=O)Cc2ccccc2)CC1. The first-order chi connectivity index (χ1) is 12.9. The number of hydrogen-bond donors (Lipinski definition) is 0. The molecule has 8 heteroatoms. The van der Waals surface area contributed by atoms with E-state index >= 15 is 0 Å². The maximum Gasteiger partial charge on any atom is 0.331 e. The minimum absolute atomic E-state index is 0.0576. The summed E-state index contributed by atoms with van der Waals surface area (Å²) in [5.41, 5.74) is 0.730. The van der Waals surface area contributed by atoms with Gasteiger partial charge in [-0.25, -0.2) is 13.2 Å². The molecule has 1 aromatic rings. The summed E-state index contributed by atoms with van der Waals surface area (Å²) in [4.78, 5) is 25.1. The molecule has 0 N–H and O–H groups in total. The number of allylic oxidation sites excluding steroid dienone is 3. The van der Waals surface area contributed by atoms with Crippen LogP contribution in [0.15, 0.2) is 54.6 Å². The van der Waals surface area contributed by atoms with Gasteiger partial charge in [0.2, 0.25) is 10.0 Å². The van der Waals surface area contributed by atoms with E-state index in [0.717, 1.165) is 5.56 Å². The van der Waals surface area contributed by atoms with Crippen molar-refractivity contribution in [2.45, 2.75) is 12.7 Å². The van der Waals surface area contributed by atoms with Crippen molar-refractivity contribution in [2.75, 3.05) is 32.8 Å². The predicted molar refractivity (Wildman–Crippen MR) is 102 cm³/mol. The van der Waals surface area contributed by atoms with Crippen molar-refractivity contribution in [3.05, 3.63) is 60.2 Å². The number of ether oxygens (including phenoxy) is 1. The number of benzene rings is 1. The quantitative estimate of drug-likeness (QED) is 0.397. The average Bonchev–Trinajstić information content (AvgIpc) is 2.67. The topological polar surface area (TPSA) is 84.0 Å². The Morgan fingerprint density at radius 2 is 1.74 bits per heavy atom. The molecule has 2 rings (SSSR count). The molecule has 1 aromatic carbocycles. The largest absolute Gasteiger partial charge is 0.452 e. The molecule has 1 aliphatic rings. The third-order valence-corrected chi connectivity index (χ3v) is 5.90. The summed E-state index contributed by atoms with van der Waals surface area (Å²) in [5.74, 6) is -0.980. The normalized spacial score (nSPS) is 16.1. The standard InChI is InChI=1S/C19H24N2O5S/c1-2-3-5-10-19(23)26-15-18(22)20-11-13-21(14-12-20)27(24,25)16-17-8-6-4-7-9-17/h2-10H,11-16H2,1H3/b3-2+,10-5+. The molecule has 1 saturated heterocycles. The molecule has 146 valence electrons. The Bertz CT molecular complexity index is 795. The lowest BCUT2D eigenvalue weighted by molar-refractivity contribution is -0.148. The lowest BCUT2D eigenvalue weighted by Crippen LogP contribution is -2.51. The molecule has 0 aliphatic carbocycles. The smallest absolute Gasteiger partial charge is 0.331 e. The fraction of sp³-hybridized carbons (Fsp3) is 0.368. The highest BCUT2D eigenvalue weighted by Gasteiger charge is 2.29. The zero-order chi connectivity index (χ0) is 19.7. The highest BCUT2D eigenvalue weighted by atomic mass is 32.2. The van der Waals surface area contributed by atoms with Gasteiger partial charge in [0.1, 0.15) is 0 Å². The van der Waals surface area contributed by atoms with Crippen LogP contribution in [0, 0.1) is 0 Å². The highest BCUT2D eigenvalue weighted by molar-refractivity contribution is 7.88. The van der Waals surface area contributed by atoms with Gasteiger partial charge in [-0.05, 0) is 12.5 Å². The maximum atomic E-state index is 12.5. The minimum atomic E-state index is -3.43. The first-order valence-electron chi connectivity index (χ1n) is 8.68. The van der Waals surface area contributed by atoms with Crippen molar-refractivity contribution in [1.29, 1.82) is 0 Å². The molecule has 0 bridgehead atoms. The van der Waals surface area contributed by atoms with Crippen LogP contribution in [0.25, 0.3) is 0 Å². The van der Waals surface area contributed by atoms with Gasteiger partial charge in [0.05, 0.1) is 5.75 Å². The summed E-state index contributed by atoms with van der Waals surface area (Å²) in [7, 11) is -3.43. The van der Waals surface area contributed by atoms with Gasteiger partial charge in [0.25, 0.3) is 5.91 Å². The number of nitrogens with zero attached hydrogens (tertiary/aromatic N) is 2. The fourth-order valence-corrected chi connectivity index (χ4v) is 4.13. The van der Waals surface area contributed by atoms with E-state index in [0.29, 0.717) is 0 Å². The highest BCUT2D eigenvalue weighted by Crippen LogP contribution is 2.13. The van der Waals surface area contributed by atoms with Crippen molar-refractivity contribution in [3.8, 4) is 0 Å². The molecule has 0 unspecified atom stereocenters. The van der Waals surface area contributed by atoms with E-state index in [2.05, 4.69) is 0 Å². The van der Waals surface area contributed by atoms with Crippen molar-refractivity contribution in [2.24, 2.45) is 0 Å². The zero-order valence-corrected chi connectivity index (χ0v) is 16.1. The van der Waals surface area contributed by atoms with E-state index in [4.69, 9.17) is 4.74 Å². The molecule has 1 aliphatic heterocycles. The van der Waals surface area contributed by atoms with Crippen molar-refractivity contribution < 1.29 is 22.7 Å². The number of hydrogen-bond acceptors (Lipinski definition) is 5. The zero-order valence-electron chi connectivity index (χ0n) is 15.3. The van der Waals surface area contributed by atoms with Crippen LogP contribution in [0.2, 0.25) is 0 Å². The Morgan fingerprint density at radius 3 is 2.37 bits per heavy atom. The lowest BCUT2D eigenvalue weighted by Gasteiger charge is -2.33. The summed E-state index contributed by atoms with van der Waals surface area (Å²) in [6.07, 6.45) is 6.21. The Morgan fingerprint density at radius 1 is 1.07 bits per heavy atom. The Balaban J connectivity index is 1.80. The number of carbonyl (C=O) groups excluding carboxylic acids is 2. The number of carbonyl (C=O) groups is 2. The van der Waals surface area contributed by atoms with Gasteiger partial charge in [-0.1, -0.05) is 48.6 Å². The Hall–Kier alpha value is -2.45. The van der Waals surface area contributed by atoms with Gasteiger partial charge in [-0.2, -0.15) is 4.31 Å². The molecule has 0 atom stereocenters. The second-order valence-corrected chi connectivity index (χ2v) is 7.98. The Kier molecular flexibility index (Phi) is 7.75. The van der Waals surface area contributed by atoms with E-state index in [1.54, 1.807) is 36.4 Å². The monoisotopic (exact) mass is 392 g/mol. The second-order valence-electron chi connectivity index (χ2n) is 6.01. The van der Waals surface area contributed by atoms with E-state index in [1.165, 1.54) is 21.4 Å². The fourth-order valence-electron chi connectivity index (χ4n) is 2.61. The van der Waals surface area contributed by atoms with Crippen LogP contribution >= 0.6 is 0 Å². The van der Waals surface area contributed by atoms with Crippen LogP contribution in [-0.4, -0.2) is 62.3 Å². The van der Waals surface area contributed by atoms with Crippen LogP contribution in [0.4, 0.5) is 0 Å². The first kappa shape index (κ1) is 20.9. The molecule has 1 fully saturated rings. The van der Waals surface area contributed by atoms with Gasteiger partial charge in [0.15, 0.2) is 6.61 Å². The van der Waals surface area contributed by atoms with E-state index in [1.807, 2.05) is 13.0 Å². The summed E-state index contributed by atoms with van der Waals surface area (Å²) < 4.78 is 31.3. The molecule has 1 heterocycles. The van der Waals surface area contributed by atoms with E-state index in [-0.39, 0.29) is 44.4 Å². The van der Waals surface area contributed by atoms with E-state index < -0.39 is 16.0 Å². The number of amides is 1. The second kappa shape index (κ2) is 10.0. The summed E-state index contributed by atoms with van der Waals surface area (Å²) in [6, 6.07) is 8.99. The van der Waals surface area contributed by atoms with Crippen molar-refractivity contribution in [1.82, 2.24) is 9.21 Å². The summed E-state index contributed by atoms with van der Waals surface area (Å²) in [6.45, 7) is 2.48. The number of piperazine rings is 1. The summed E-state index contributed by atoms with van der Waals surface area (Å²) in [5, 5.41) is 0. The van der Waals surface area contributed by atoms with Crippen LogP contribution in [0.3, 0.4) is 0 Å². The molecule has 27 heavy (non-hydrogen) atoms. The van der Waals surface area contributed by atoms with Gasteiger partial charge in [-0.3, -0.25) is 4.79 Å². The van der Waals surface area contributed by atoms with Crippen LogP contribution in [0.1, 0.15) is 12.5 Å². The van der Waals surface area contributed by atoms with E-state index in [9.17, 15) is 18.0 Å². The van der Waals surface area contributed by atoms with Gasteiger partial charge in [-0.15, -0.1) is 0 Å². The van der Waals surface area contributed by atoms with Gasteiger partial charge >= 0.3 is 5.97 Å². The van der Waals surface area contributed by atoms with Crippen LogP contribution < -0.4 is 0 Å². The predicted octanol–water partition coefficient (Wildman–Crippen LogP) is 1.34. The number of sulfonamides is 1. The van der Waals surface area contributed by atoms with Gasteiger partial charge < -0.3 is 9.64 Å². The summed E-state index contributed by atoms with van der Waals surface area (Å²) >= 11 is 0. The maximum absolute atomic E-state index is 12.5. The van der Waals surface area contributed by atoms with Crippen LogP contribution in [-0.2, 0) is 30.1 Å². The third kappa shape index (κ3) is 6.65. The molecule has 0 spiro atoms. The average molecular weight is 392 g/mol. The molecule has 0 radical (unpaired) electrons. The molecular weight excluding hydrogens is 368 g/mol. The first-order valence-corrected chi connectivity index (χ1v) is 10.3. The number of rotatable bonds is 7. The van der Waals surface area contributed by atoms with Crippen LogP contribution in [0.5, 0.6) is 0 Å².